The maximum Gasteiger partial charge on any atom is 0.331 e. The topological polar surface area (TPSA) is 183 Å². The van der Waals surface area contributed by atoms with Crippen LogP contribution < -0.4 is 0 Å². The Bertz CT molecular complexity index is 1080. The average Bonchev–Trinajstić information content (AvgIpc) is 3.46. The van der Waals surface area contributed by atoms with Gasteiger partial charge in [0.15, 0.2) is 6.29 Å². The first kappa shape index (κ1) is 28.7. The number of aliphatic hydroxyl groups excluding tert-OH is 4. The molecule has 4 aliphatic carbocycles. The van der Waals surface area contributed by atoms with Gasteiger partial charge in [-0.2, -0.15) is 0 Å². The van der Waals surface area contributed by atoms with Crippen molar-refractivity contribution in [2.75, 3.05) is 6.61 Å². The summed E-state index contributed by atoms with van der Waals surface area (Å²) in [5, 5.41) is 66.7. The number of fused-ring (bicyclic) bond motifs is 5. The number of ether oxygens (including phenoxy) is 3. The van der Waals surface area contributed by atoms with Crippen LogP contribution >= 0.6 is 0 Å². The molecule has 11 heteroatoms. The number of cyclic esters (lactones) is 1. The molecule has 0 unspecified atom stereocenters. The Hall–Kier alpha value is -1.44. The molecular formula is C29H42O11. The third-order valence-electron chi connectivity index (χ3n) is 12.1. The first-order valence-corrected chi connectivity index (χ1v) is 14.6. The van der Waals surface area contributed by atoms with Crippen LogP contribution in [0.5, 0.6) is 0 Å². The Morgan fingerprint density at radius 1 is 1.00 bits per heavy atom. The van der Waals surface area contributed by atoms with E-state index in [4.69, 9.17) is 14.2 Å². The van der Waals surface area contributed by atoms with Gasteiger partial charge in [0.2, 0.25) is 0 Å². The van der Waals surface area contributed by atoms with Crippen LogP contribution in [0.3, 0.4) is 0 Å². The normalized spacial score (nSPS) is 56.0. The highest BCUT2D eigenvalue weighted by molar-refractivity contribution is 5.85. The largest absolute Gasteiger partial charge is 0.458 e. The van der Waals surface area contributed by atoms with Gasteiger partial charge in [-0.15, -0.1) is 0 Å². The fraction of sp³-hybridized carbons (Fsp3) is 0.862. The van der Waals surface area contributed by atoms with Gasteiger partial charge in [0, 0.05) is 17.9 Å². The van der Waals surface area contributed by atoms with Crippen LogP contribution in [0, 0.1) is 28.6 Å². The molecular weight excluding hydrogens is 524 g/mol. The minimum atomic E-state index is -1.47. The summed E-state index contributed by atoms with van der Waals surface area (Å²) in [6, 6.07) is 0. The molecule has 0 radical (unpaired) electrons. The van der Waals surface area contributed by atoms with Crippen molar-refractivity contribution < 1.29 is 54.4 Å². The molecule has 0 amide bonds. The Kier molecular flexibility index (Phi) is 6.83. The molecule has 11 nitrogen and oxygen atoms in total. The van der Waals surface area contributed by atoms with Gasteiger partial charge >= 0.3 is 5.97 Å². The van der Waals surface area contributed by atoms with Crippen LogP contribution in [0.25, 0.3) is 0 Å². The van der Waals surface area contributed by atoms with Crippen LogP contribution in [0.1, 0.15) is 65.2 Å². The SMILES string of the molecule is C[C@H]1O[C@@H](O[C@H]2CC[C@]3(C=O)[C@@H]4C[C@@H](O)[C@]5(C)[C@H](C6=CC(=O)OC6)CC[C@]5(O)[C@H]4CC[C@@]3(O)C2)[C@H](O)[C@H](O)[C@H]1O. The minimum absolute atomic E-state index is 0.0926. The first-order chi connectivity index (χ1) is 18.8. The van der Waals surface area contributed by atoms with E-state index in [0.717, 1.165) is 11.9 Å². The summed E-state index contributed by atoms with van der Waals surface area (Å²) in [6.07, 6.45) is -2.70. The molecule has 0 aromatic heterocycles. The predicted molar refractivity (Wildman–Crippen MR) is 136 cm³/mol. The highest BCUT2D eigenvalue weighted by Gasteiger charge is 2.74. The zero-order valence-electron chi connectivity index (χ0n) is 23.0. The van der Waals surface area contributed by atoms with Crippen LogP contribution in [0.4, 0.5) is 0 Å². The Labute approximate surface area is 233 Å². The molecule has 1 saturated heterocycles. The van der Waals surface area contributed by atoms with Gasteiger partial charge in [-0.3, -0.25) is 0 Å². The van der Waals surface area contributed by atoms with Gasteiger partial charge in [0.25, 0.3) is 0 Å². The maximum absolute atomic E-state index is 13.0. The predicted octanol–water partition coefficient (Wildman–Crippen LogP) is -0.279. The van der Waals surface area contributed by atoms with Crippen LogP contribution in [0.2, 0.25) is 0 Å². The summed E-state index contributed by atoms with van der Waals surface area (Å²) in [6.45, 7) is 3.61. The molecule has 14 atom stereocenters. The van der Waals surface area contributed by atoms with Crippen LogP contribution in [-0.4, -0.2) is 104 Å². The van der Waals surface area contributed by atoms with E-state index in [2.05, 4.69) is 0 Å². The van der Waals surface area contributed by atoms with Gasteiger partial charge in [0.1, 0.15) is 31.2 Å². The molecule has 2 aliphatic heterocycles. The van der Waals surface area contributed by atoms with E-state index in [9.17, 15) is 40.2 Å². The lowest BCUT2D eigenvalue weighted by molar-refractivity contribution is -0.319. The molecule has 224 valence electrons. The third kappa shape index (κ3) is 3.71. The monoisotopic (exact) mass is 566 g/mol. The summed E-state index contributed by atoms with van der Waals surface area (Å²) in [5.74, 6) is -1.42. The van der Waals surface area contributed by atoms with Gasteiger partial charge < -0.3 is 49.6 Å². The highest BCUT2D eigenvalue weighted by atomic mass is 16.7. The summed E-state index contributed by atoms with van der Waals surface area (Å²) in [7, 11) is 0. The van der Waals surface area contributed by atoms with Crippen molar-refractivity contribution in [1.82, 2.24) is 0 Å². The molecule has 4 saturated carbocycles. The Morgan fingerprint density at radius 3 is 2.42 bits per heavy atom. The zero-order chi connectivity index (χ0) is 28.8. The van der Waals surface area contributed by atoms with E-state index in [0.29, 0.717) is 25.7 Å². The number of hydrogen-bond donors (Lipinski definition) is 6. The van der Waals surface area contributed by atoms with E-state index in [1.807, 2.05) is 6.92 Å². The zero-order valence-corrected chi connectivity index (χ0v) is 23.0. The molecule has 0 bridgehead atoms. The summed E-state index contributed by atoms with van der Waals surface area (Å²) in [5.41, 5.74) is -4.09. The molecule has 0 spiro atoms. The molecule has 6 N–H and O–H groups in total. The van der Waals surface area contributed by atoms with Crippen LogP contribution in [-0.2, 0) is 23.8 Å². The average molecular weight is 567 g/mol. The van der Waals surface area contributed by atoms with E-state index in [1.54, 1.807) is 6.92 Å². The fourth-order valence-corrected chi connectivity index (χ4v) is 9.74. The van der Waals surface area contributed by atoms with Crippen molar-refractivity contribution in [3.63, 3.8) is 0 Å². The standard InChI is InChI=1S/C29H42O11/c1-14-22(33)23(34)24(35)25(39-14)40-16-3-6-27(13-30)19-10-20(31)26(2)17(15-9-21(32)38-12-15)5-8-29(26,37)18(19)4-7-28(27,36)11-16/h9,13-14,16-20,22-25,31,33-37H,3-8,10-12H2,1-2H3/t14-,16+,17+,18+,19-,20-,22+,23-,24-,25+,26+,27+,28-,29+/m1/s1. The van der Waals surface area contributed by atoms with Crippen molar-refractivity contribution in [3.8, 4) is 0 Å². The van der Waals surface area contributed by atoms with Gasteiger partial charge in [0.05, 0.1) is 34.9 Å². The Morgan fingerprint density at radius 2 is 1.75 bits per heavy atom. The van der Waals surface area contributed by atoms with Gasteiger partial charge in [-0.25, -0.2) is 4.79 Å². The second-order valence-electron chi connectivity index (χ2n) is 13.5. The first-order valence-electron chi connectivity index (χ1n) is 14.6. The molecule has 0 aromatic carbocycles. The minimum Gasteiger partial charge on any atom is -0.458 e. The summed E-state index contributed by atoms with van der Waals surface area (Å²) in [4.78, 5) is 24.8. The van der Waals surface area contributed by atoms with Crippen molar-refractivity contribution in [3.05, 3.63) is 11.6 Å². The van der Waals surface area contributed by atoms with E-state index >= 15 is 0 Å². The van der Waals surface area contributed by atoms with Crippen molar-refractivity contribution in [1.29, 1.82) is 0 Å². The van der Waals surface area contributed by atoms with Gasteiger partial charge in [-0.1, -0.05) is 6.92 Å². The Balaban J connectivity index is 1.25. The lowest BCUT2D eigenvalue weighted by Gasteiger charge is -2.66. The number of hydrogen-bond acceptors (Lipinski definition) is 11. The third-order valence-corrected chi connectivity index (χ3v) is 12.1. The lowest BCUT2D eigenvalue weighted by atomic mass is 9.41. The second kappa shape index (κ2) is 9.54. The van der Waals surface area contributed by atoms with E-state index in [-0.39, 0.29) is 44.1 Å². The van der Waals surface area contributed by atoms with Crippen molar-refractivity contribution in [2.45, 2.75) is 119 Å². The number of rotatable bonds is 4. The molecule has 40 heavy (non-hydrogen) atoms. The van der Waals surface area contributed by atoms with E-state index in [1.165, 1.54) is 6.08 Å². The van der Waals surface area contributed by atoms with Crippen molar-refractivity contribution in [2.24, 2.45) is 28.6 Å². The number of carbonyl (C=O) groups is 2. The molecule has 6 aliphatic rings. The fourth-order valence-electron chi connectivity index (χ4n) is 9.74. The maximum atomic E-state index is 13.0. The lowest BCUT2D eigenvalue weighted by Crippen LogP contribution is -2.71. The second-order valence-corrected chi connectivity index (χ2v) is 13.5. The van der Waals surface area contributed by atoms with Crippen LogP contribution in [0.15, 0.2) is 11.6 Å². The molecule has 6 rings (SSSR count). The number of carbonyl (C=O) groups excluding carboxylic acids is 2. The number of aliphatic hydroxyl groups is 6. The molecule has 2 heterocycles. The quantitative estimate of drug-likeness (QED) is 0.149. The number of esters is 1. The molecule has 0 aromatic rings. The highest BCUT2D eigenvalue weighted by Crippen LogP contribution is 2.70. The van der Waals surface area contributed by atoms with Crippen molar-refractivity contribution >= 4 is 12.3 Å². The van der Waals surface area contributed by atoms with Gasteiger partial charge in [-0.05, 0) is 75.2 Å². The molecule has 5 fully saturated rings. The summed E-state index contributed by atoms with van der Waals surface area (Å²) >= 11 is 0. The smallest absolute Gasteiger partial charge is 0.331 e. The summed E-state index contributed by atoms with van der Waals surface area (Å²) < 4.78 is 16.8. The van der Waals surface area contributed by atoms with E-state index < -0.39 is 76.8 Å². The number of aldehydes is 1.